The van der Waals surface area contributed by atoms with E-state index in [1.165, 1.54) is 6.07 Å². The summed E-state index contributed by atoms with van der Waals surface area (Å²) in [6, 6.07) is 69.2. The van der Waals surface area contributed by atoms with Crippen LogP contribution in [0.2, 0.25) is 0 Å². The quantitative estimate of drug-likeness (QED) is 0.156. The van der Waals surface area contributed by atoms with E-state index in [0.717, 1.165) is 100 Å². The molecule has 0 radical (unpaired) electrons. The lowest BCUT2D eigenvalue weighted by Crippen LogP contribution is -2.07. The first-order chi connectivity index (χ1) is 37.0. The van der Waals surface area contributed by atoms with Gasteiger partial charge in [0.15, 0.2) is 0 Å². The molecule has 0 bridgehead atoms. The summed E-state index contributed by atoms with van der Waals surface area (Å²) < 4.78 is 48.6. The number of pyridine rings is 1. The molecule has 0 aliphatic heterocycles. The maximum atomic E-state index is 14.9. The van der Waals surface area contributed by atoms with Crippen molar-refractivity contribution in [1.82, 2.24) is 14.1 Å². The van der Waals surface area contributed by atoms with E-state index < -0.39 is 11.7 Å². The number of halogens is 3. The fourth-order valence-electron chi connectivity index (χ4n) is 10.2. The summed E-state index contributed by atoms with van der Waals surface area (Å²) in [6.07, 6.45) is -3.10. The highest BCUT2D eigenvalue weighted by Gasteiger charge is 2.32. The summed E-state index contributed by atoms with van der Waals surface area (Å²) in [7, 11) is 0. The van der Waals surface area contributed by atoms with Gasteiger partial charge in [0.1, 0.15) is 5.82 Å². The maximum Gasteiger partial charge on any atom is 0.416 e. The van der Waals surface area contributed by atoms with Crippen molar-refractivity contribution in [3.05, 3.63) is 234 Å². The molecule has 0 amide bonds. The number of hydrogen-bond acceptors (Lipinski definition) is 6. The first kappa shape index (κ1) is 46.1. The SMILES string of the molecule is N#Cc1ccc(-c2ccc3c(c2)c2cc(-c4ccc(C#N)cc4)ccc2n3-c2cc(-c3cc(C#N)cc(C(F)(F)F)c3)c(-n3c4ccc(-c5ccc(C#N)cc5)cc4c4cc(-c5ccc(C#N)cc5)ccc43)cn2)cc1. The second-order valence-corrected chi connectivity index (χ2v) is 18.3. The van der Waals surface area contributed by atoms with Crippen LogP contribution in [0.5, 0.6) is 0 Å². The molecule has 11 heteroatoms. The Balaban J connectivity index is 1.13. The smallest absolute Gasteiger partial charge is 0.307 e. The van der Waals surface area contributed by atoms with Crippen LogP contribution in [0.3, 0.4) is 0 Å². The van der Waals surface area contributed by atoms with Crippen molar-refractivity contribution in [3.8, 4) is 97.5 Å². The second-order valence-electron chi connectivity index (χ2n) is 18.3. The van der Waals surface area contributed by atoms with Crippen LogP contribution in [0.4, 0.5) is 13.2 Å². The number of nitrogens with zero attached hydrogens (tertiary/aromatic N) is 8. The van der Waals surface area contributed by atoms with Crippen molar-refractivity contribution in [1.29, 1.82) is 26.3 Å². The average Bonchev–Trinajstić information content (AvgIpc) is 4.12. The monoisotopic (exact) mass is 982 g/mol. The van der Waals surface area contributed by atoms with Crippen molar-refractivity contribution in [2.24, 2.45) is 0 Å². The summed E-state index contributed by atoms with van der Waals surface area (Å²) in [5.74, 6) is 0.402. The van der Waals surface area contributed by atoms with E-state index in [2.05, 4.69) is 48.5 Å². The van der Waals surface area contributed by atoms with Crippen LogP contribution >= 0.6 is 0 Å². The minimum absolute atomic E-state index is 0.149. The lowest BCUT2D eigenvalue weighted by atomic mass is 9.98. The van der Waals surface area contributed by atoms with Gasteiger partial charge in [0, 0.05) is 27.1 Å². The molecule has 0 aliphatic rings. The van der Waals surface area contributed by atoms with Gasteiger partial charge in [0.05, 0.1) is 97.7 Å². The van der Waals surface area contributed by atoms with Gasteiger partial charge in [-0.1, -0.05) is 72.8 Å². The van der Waals surface area contributed by atoms with Crippen molar-refractivity contribution in [2.75, 3.05) is 0 Å². The van der Waals surface area contributed by atoms with E-state index >= 15 is 0 Å². The Hall–Kier alpha value is -11.0. The van der Waals surface area contributed by atoms with E-state index in [1.54, 1.807) is 60.8 Å². The van der Waals surface area contributed by atoms with E-state index in [-0.39, 0.29) is 11.1 Å². The molecule has 3 aromatic heterocycles. The molecule has 12 rings (SSSR count). The van der Waals surface area contributed by atoms with Gasteiger partial charge in [-0.2, -0.15) is 39.5 Å². The molecule has 0 saturated heterocycles. The number of fused-ring (bicyclic) bond motifs is 6. The Labute approximate surface area is 432 Å². The first-order valence-corrected chi connectivity index (χ1v) is 23.8. The molecular formula is C65H33F3N8. The lowest BCUT2D eigenvalue weighted by Gasteiger charge is -2.18. The molecule has 0 saturated carbocycles. The standard InChI is InChI=1S/C65H33F3N8/c66-65(67,68)53-26-43(37-73)25-52(27-53)54-32-64(76-61-23-19-50(46-13-5-41(35-71)6-14-46)30-57(61)58-31-51(20-24-62(58)76)47-15-7-42(36-72)8-16-47)74-38-63(54)75-59-21-17-48(44-9-1-39(33-69)2-10-44)28-55(59)56-29-49(18-22-60(56)75)45-11-3-40(34-70)4-12-45/h1-32,38H. The van der Waals surface area contributed by atoms with Crippen LogP contribution in [0.1, 0.15) is 33.4 Å². The highest BCUT2D eigenvalue weighted by molar-refractivity contribution is 6.13. The molecule has 0 N–H and O–H groups in total. The molecule has 0 spiro atoms. The molecule has 0 aliphatic carbocycles. The van der Waals surface area contributed by atoms with Gasteiger partial charge < -0.3 is 4.57 Å². The van der Waals surface area contributed by atoms with Gasteiger partial charge in [0.2, 0.25) is 0 Å². The molecule has 354 valence electrons. The third kappa shape index (κ3) is 7.99. The van der Waals surface area contributed by atoms with Crippen LogP contribution in [0, 0.1) is 56.7 Å². The van der Waals surface area contributed by atoms with Crippen molar-refractivity contribution in [3.63, 3.8) is 0 Å². The van der Waals surface area contributed by atoms with E-state index in [0.29, 0.717) is 39.3 Å². The van der Waals surface area contributed by atoms with Gasteiger partial charge in [-0.05, 0) is 171 Å². The summed E-state index contributed by atoms with van der Waals surface area (Å²) in [5, 5.41) is 51.8. The van der Waals surface area contributed by atoms with E-state index in [1.807, 2.05) is 112 Å². The zero-order valence-corrected chi connectivity index (χ0v) is 39.8. The van der Waals surface area contributed by atoms with Crippen LogP contribution in [-0.4, -0.2) is 14.1 Å². The highest BCUT2D eigenvalue weighted by atomic mass is 19.4. The van der Waals surface area contributed by atoms with Crippen molar-refractivity contribution >= 4 is 43.6 Å². The van der Waals surface area contributed by atoms with Crippen LogP contribution in [-0.2, 0) is 6.18 Å². The van der Waals surface area contributed by atoms with Crippen LogP contribution < -0.4 is 0 Å². The van der Waals surface area contributed by atoms with Gasteiger partial charge >= 0.3 is 6.18 Å². The largest absolute Gasteiger partial charge is 0.416 e. The number of rotatable bonds is 7. The zero-order chi connectivity index (χ0) is 52.2. The molecule has 12 aromatic rings. The van der Waals surface area contributed by atoms with Gasteiger partial charge in [-0.25, -0.2) is 4.98 Å². The van der Waals surface area contributed by atoms with Crippen molar-refractivity contribution in [2.45, 2.75) is 6.18 Å². The third-order valence-electron chi connectivity index (χ3n) is 14.0. The Bertz CT molecular complexity index is 4360. The van der Waals surface area contributed by atoms with E-state index in [9.17, 15) is 39.5 Å². The summed E-state index contributed by atoms with van der Waals surface area (Å²) in [4.78, 5) is 5.19. The zero-order valence-electron chi connectivity index (χ0n) is 39.8. The molecule has 3 heterocycles. The Kier molecular flexibility index (Phi) is 11.0. The topological polar surface area (TPSA) is 142 Å². The fourth-order valence-corrected chi connectivity index (χ4v) is 10.2. The maximum absolute atomic E-state index is 14.9. The normalized spacial score (nSPS) is 11.3. The van der Waals surface area contributed by atoms with Gasteiger partial charge in [-0.3, -0.25) is 4.57 Å². The van der Waals surface area contributed by atoms with Gasteiger partial charge in [-0.15, -0.1) is 0 Å². The van der Waals surface area contributed by atoms with E-state index in [4.69, 9.17) is 4.98 Å². The van der Waals surface area contributed by atoms with Crippen molar-refractivity contribution < 1.29 is 13.2 Å². The summed E-state index contributed by atoms with van der Waals surface area (Å²) in [5.41, 5.74) is 12.0. The average molecular weight is 983 g/mol. The summed E-state index contributed by atoms with van der Waals surface area (Å²) in [6.45, 7) is 0. The second kappa shape index (κ2) is 18.2. The molecule has 8 nitrogen and oxygen atoms in total. The Morgan fingerprint density at radius 1 is 0.329 bits per heavy atom. The number of hydrogen-bond donors (Lipinski definition) is 0. The van der Waals surface area contributed by atoms with Gasteiger partial charge in [0.25, 0.3) is 0 Å². The van der Waals surface area contributed by atoms with Crippen LogP contribution in [0.25, 0.3) is 111 Å². The predicted octanol–water partition coefficient (Wildman–Crippen LogP) is 16.0. The molecule has 76 heavy (non-hydrogen) atoms. The highest BCUT2D eigenvalue weighted by Crippen LogP contribution is 2.43. The number of nitriles is 5. The molecule has 0 atom stereocenters. The number of alkyl halides is 3. The molecule has 9 aromatic carbocycles. The minimum Gasteiger partial charge on any atom is -0.307 e. The summed E-state index contributed by atoms with van der Waals surface area (Å²) >= 11 is 0. The number of benzene rings is 9. The lowest BCUT2D eigenvalue weighted by molar-refractivity contribution is -0.137. The molecular weight excluding hydrogens is 950 g/mol. The first-order valence-electron chi connectivity index (χ1n) is 23.8. The predicted molar refractivity (Wildman–Crippen MR) is 289 cm³/mol. The molecule has 0 unspecified atom stereocenters. The third-order valence-corrected chi connectivity index (χ3v) is 14.0. The Morgan fingerprint density at radius 2 is 0.658 bits per heavy atom. The fraction of sp³-hybridized carbons (Fsp3) is 0.0154. The Morgan fingerprint density at radius 3 is 0.987 bits per heavy atom. The molecule has 0 fully saturated rings. The number of aromatic nitrogens is 3. The van der Waals surface area contributed by atoms with Crippen LogP contribution in [0.15, 0.2) is 200 Å². The minimum atomic E-state index is -4.78.